The first kappa shape index (κ1) is 21.9. The van der Waals surface area contributed by atoms with Gasteiger partial charge in [-0.1, -0.05) is 17.4 Å². The van der Waals surface area contributed by atoms with Crippen LogP contribution >= 0.6 is 22.7 Å². The number of nitrogens with zero attached hydrogens (tertiary/aromatic N) is 4. The Kier molecular flexibility index (Phi) is 5.91. The maximum atomic E-state index is 13.5. The fourth-order valence-corrected chi connectivity index (χ4v) is 5.05. The monoisotopic (exact) mass is 490 g/mol. The summed E-state index contributed by atoms with van der Waals surface area (Å²) in [6, 6.07) is 15.7. The predicted molar refractivity (Wildman–Crippen MR) is 133 cm³/mol. The van der Waals surface area contributed by atoms with Crippen LogP contribution in [0.2, 0.25) is 0 Å². The van der Waals surface area contributed by atoms with Crippen LogP contribution < -0.4 is 14.6 Å². The van der Waals surface area contributed by atoms with Crippen LogP contribution in [0.25, 0.3) is 10.2 Å². The van der Waals surface area contributed by atoms with Crippen molar-refractivity contribution in [2.24, 2.45) is 5.10 Å². The van der Waals surface area contributed by atoms with Gasteiger partial charge in [-0.2, -0.15) is 10.1 Å². The summed E-state index contributed by atoms with van der Waals surface area (Å²) < 4.78 is 6.15. The van der Waals surface area contributed by atoms with E-state index in [1.807, 2.05) is 35.7 Å². The van der Waals surface area contributed by atoms with Crippen LogP contribution in [0.15, 0.2) is 65.1 Å². The highest BCUT2D eigenvalue weighted by molar-refractivity contribution is 7.22. The quantitative estimate of drug-likeness (QED) is 0.222. The minimum Gasteiger partial charge on any atom is -0.497 e. The third-order valence-corrected chi connectivity index (χ3v) is 7.03. The Balaban J connectivity index is 1.49. The molecule has 1 fully saturated rings. The molecule has 4 aromatic rings. The summed E-state index contributed by atoms with van der Waals surface area (Å²) in [5.41, 5.74) is 1.53. The van der Waals surface area contributed by atoms with Crippen molar-refractivity contribution in [3.8, 4) is 5.75 Å². The highest BCUT2D eigenvalue weighted by Gasteiger charge is 2.30. The molecule has 2 aromatic carbocycles. The first-order valence-electron chi connectivity index (χ1n) is 10.4. The van der Waals surface area contributed by atoms with Crippen molar-refractivity contribution in [3.05, 3.63) is 70.4 Å². The number of hydrogen-bond acceptors (Lipinski definition) is 8. The zero-order chi connectivity index (χ0) is 23.7. The number of amides is 3. The predicted octanol–water partition coefficient (Wildman–Crippen LogP) is 4.70. The molecular weight excluding hydrogens is 472 g/mol. The van der Waals surface area contributed by atoms with Gasteiger partial charge in [-0.15, -0.1) is 11.3 Å². The molecule has 0 radical (unpaired) electrons. The van der Waals surface area contributed by atoms with Crippen LogP contribution in [0.1, 0.15) is 28.1 Å². The molecule has 3 heterocycles. The molecule has 3 amide bonds. The van der Waals surface area contributed by atoms with Crippen molar-refractivity contribution in [2.45, 2.75) is 12.8 Å². The van der Waals surface area contributed by atoms with E-state index in [4.69, 9.17) is 4.74 Å². The second-order valence-electron chi connectivity index (χ2n) is 7.38. The van der Waals surface area contributed by atoms with Gasteiger partial charge in [-0.25, -0.2) is 4.98 Å². The van der Waals surface area contributed by atoms with Crippen LogP contribution in [-0.2, 0) is 9.59 Å². The smallest absolute Gasteiger partial charge is 0.280 e. The van der Waals surface area contributed by atoms with E-state index in [9.17, 15) is 14.4 Å². The molecule has 1 saturated heterocycles. The number of anilines is 2. The number of aromatic nitrogens is 1. The van der Waals surface area contributed by atoms with Gasteiger partial charge < -0.3 is 4.74 Å². The molecule has 34 heavy (non-hydrogen) atoms. The van der Waals surface area contributed by atoms with E-state index in [2.05, 4.69) is 10.1 Å². The first-order chi connectivity index (χ1) is 16.5. The molecule has 0 N–H and O–H groups in total. The fraction of sp³-hybridized carbons (Fsp3) is 0.125. The highest BCUT2D eigenvalue weighted by Crippen LogP contribution is 2.33. The van der Waals surface area contributed by atoms with E-state index in [1.165, 1.54) is 27.7 Å². The number of fused-ring (bicyclic) bond motifs is 1. The average Bonchev–Trinajstić information content (AvgIpc) is 3.59. The molecule has 0 spiro atoms. The third kappa shape index (κ3) is 4.20. The molecule has 8 nitrogen and oxygen atoms in total. The summed E-state index contributed by atoms with van der Waals surface area (Å²) in [6.07, 6.45) is 2.02. The van der Waals surface area contributed by atoms with Gasteiger partial charge in [-0.3, -0.25) is 19.3 Å². The molecule has 1 aliphatic heterocycles. The van der Waals surface area contributed by atoms with E-state index in [-0.39, 0.29) is 30.6 Å². The van der Waals surface area contributed by atoms with Crippen molar-refractivity contribution in [2.75, 3.05) is 17.0 Å². The molecule has 0 unspecified atom stereocenters. The number of thiophene rings is 1. The molecule has 1 aliphatic rings. The van der Waals surface area contributed by atoms with E-state index in [0.717, 1.165) is 20.0 Å². The van der Waals surface area contributed by atoms with Crippen LogP contribution in [0, 0.1) is 0 Å². The van der Waals surface area contributed by atoms with Gasteiger partial charge in [0.25, 0.3) is 5.91 Å². The van der Waals surface area contributed by atoms with Gasteiger partial charge >= 0.3 is 0 Å². The number of hydrogen-bond donors (Lipinski definition) is 0. The Bertz CT molecular complexity index is 1390. The minimum absolute atomic E-state index is 0.202. The molecule has 2 aromatic heterocycles. The second-order valence-corrected chi connectivity index (χ2v) is 9.37. The topological polar surface area (TPSA) is 92.2 Å². The van der Waals surface area contributed by atoms with Crippen molar-refractivity contribution >= 4 is 67.6 Å². The van der Waals surface area contributed by atoms with Gasteiger partial charge in [0.2, 0.25) is 16.9 Å². The van der Waals surface area contributed by atoms with Crippen molar-refractivity contribution in [1.29, 1.82) is 0 Å². The number of hydrazone groups is 1. The summed E-state index contributed by atoms with van der Waals surface area (Å²) in [4.78, 5) is 44.2. The van der Waals surface area contributed by atoms with Crippen LogP contribution in [0.3, 0.4) is 0 Å². The van der Waals surface area contributed by atoms with Crippen molar-refractivity contribution in [1.82, 2.24) is 4.98 Å². The highest BCUT2D eigenvalue weighted by atomic mass is 32.1. The van der Waals surface area contributed by atoms with Gasteiger partial charge in [0.15, 0.2) is 0 Å². The molecule has 170 valence electrons. The fourth-order valence-electron chi connectivity index (χ4n) is 3.52. The van der Waals surface area contributed by atoms with E-state index < -0.39 is 0 Å². The van der Waals surface area contributed by atoms with E-state index >= 15 is 0 Å². The van der Waals surface area contributed by atoms with Crippen molar-refractivity contribution < 1.29 is 19.1 Å². The normalized spacial score (nSPS) is 13.9. The van der Waals surface area contributed by atoms with E-state index in [0.29, 0.717) is 22.1 Å². The third-order valence-electron chi connectivity index (χ3n) is 5.23. The summed E-state index contributed by atoms with van der Waals surface area (Å²) in [6.45, 7) is 0. The van der Waals surface area contributed by atoms with Crippen LogP contribution in [0.4, 0.5) is 10.8 Å². The molecular formula is C24H18N4O4S2. The average molecular weight is 491 g/mol. The van der Waals surface area contributed by atoms with E-state index in [1.54, 1.807) is 37.6 Å². The number of methoxy groups -OCH3 is 1. The van der Waals surface area contributed by atoms with Gasteiger partial charge in [0, 0.05) is 23.3 Å². The number of benzene rings is 2. The van der Waals surface area contributed by atoms with Crippen LogP contribution in [0.5, 0.6) is 5.75 Å². The summed E-state index contributed by atoms with van der Waals surface area (Å²) in [5, 5.41) is 8.04. The summed E-state index contributed by atoms with van der Waals surface area (Å²) in [5.74, 6) is -0.166. The molecule has 5 rings (SSSR count). The van der Waals surface area contributed by atoms with Gasteiger partial charge in [-0.05, 0) is 53.9 Å². The molecule has 0 atom stereocenters. The number of carbonyl (C=O) groups excluding carboxylic acids is 3. The number of ether oxygens (including phenoxy) is 1. The zero-order valence-electron chi connectivity index (χ0n) is 18.0. The molecule has 0 aliphatic carbocycles. The van der Waals surface area contributed by atoms with Gasteiger partial charge in [0.1, 0.15) is 5.75 Å². The first-order valence-corrected chi connectivity index (χ1v) is 12.1. The SMILES string of the molecule is COc1ccc2nc(N(/N=C/c3cccs3)C(=O)c3ccc(N4C(=O)CCC4=O)cc3)sc2c1. The maximum absolute atomic E-state index is 13.5. The Morgan fingerprint density at radius 1 is 1.12 bits per heavy atom. The minimum atomic E-state index is -0.385. The maximum Gasteiger partial charge on any atom is 0.280 e. The summed E-state index contributed by atoms with van der Waals surface area (Å²) >= 11 is 2.83. The Labute approximate surface area is 202 Å². The molecule has 0 saturated carbocycles. The zero-order valence-corrected chi connectivity index (χ0v) is 19.6. The Hall–Kier alpha value is -3.89. The molecule has 0 bridgehead atoms. The lowest BCUT2D eigenvalue weighted by Gasteiger charge is -2.16. The van der Waals surface area contributed by atoms with Gasteiger partial charge in [0.05, 0.1) is 29.2 Å². The number of carbonyl (C=O) groups is 3. The largest absolute Gasteiger partial charge is 0.497 e. The van der Waals surface area contributed by atoms with Crippen LogP contribution in [-0.4, -0.2) is 36.0 Å². The lowest BCUT2D eigenvalue weighted by atomic mass is 10.2. The number of imide groups is 1. The lowest BCUT2D eigenvalue weighted by molar-refractivity contribution is -0.121. The Morgan fingerprint density at radius 2 is 1.88 bits per heavy atom. The standard InChI is InChI=1S/C24H18N4O4S2/c1-32-17-8-9-19-20(13-17)34-24(26-19)28(25-14-18-3-2-12-33-18)23(31)15-4-6-16(7-5-15)27-21(29)10-11-22(27)30/h2-9,12-14H,10-11H2,1H3/b25-14+. The second kappa shape index (κ2) is 9.16. The molecule has 10 heteroatoms. The lowest BCUT2D eigenvalue weighted by Crippen LogP contribution is -2.29. The number of rotatable bonds is 6. The Morgan fingerprint density at radius 3 is 2.56 bits per heavy atom. The van der Waals surface area contributed by atoms with Crippen molar-refractivity contribution in [3.63, 3.8) is 0 Å². The number of thiazole rings is 1. The summed E-state index contributed by atoms with van der Waals surface area (Å²) in [7, 11) is 1.59.